The fraction of sp³-hybridized carbons (Fsp3) is 0.200. The van der Waals surface area contributed by atoms with E-state index in [1.807, 2.05) is 12.1 Å². The van der Waals surface area contributed by atoms with Crippen molar-refractivity contribution >= 4 is 11.6 Å². The Hall–Kier alpha value is -0.630. The molecule has 0 aliphatic rings. The molecule has 0 aromatic carbocycles. The molecule has 1 rings (SSSR count). The van der Waals surface area contributed by atoms with Crippen LogP contribution in [-0.4, -0.2) is 16.6 Å². The summed E-state index contributed by atoms with van der Waals surface area (Å²) in [5.41, 5.74) is 0. The third kappa shape index (κ3) is 3.56. The number of aromatic nitrogens is 2. The Morgan fingerprint density at radius 1 is 1.00 bits per heavy atom. The normalized spacial score (nSPS) is 6.75. The summed E-state index contributed by atoms with van der Waals surface area (Å²) >= 11 is 4.64. The van der Waals surface area contributed by atoms with E-state index in [1.165, 1.54) is 6.38 Å². The molecule has 0 saturated heterocycles. The zero-order chi connectivity index (χ0) is 6.24. The minimum Gasteiger partial charge on any atom is -0.159 e. The van der Waals surface area contributed by atoms with Crippen LogP contribution in [0, 0.1) is 0 Å². The molecule has 0 amide bonds. The van der Waals surface area contributed by atoms with Crippen molar-refractivity contribution < 1.29 is 0 Å². The Labute approximate surface area is 53.5 Å². The number of rotatable bonds is 0. The number of hydrogen-bond acceptors (Lipinski definition) is 2. The lowest BCUT2D eigenvalue weighted by Gasteiger charge is -1.69. The smallest absolute Gasteiger partial charge is 0.0496 e. The summed E-state index contributed by atoms with van der Waals surface area (Å²) < 4.78 is 0. The molecule has 0 aliphatic heterocycles. The molecule has 0 spiro atoms. The molecule has 3 heteroatoms. The fourth-order valence-electron chi connectivity index (χ4n) is 0.253. The first-order valence-corrected chi connectivity index (χ1v) is 2.85. The molecule has 0 aliphatic carbocycles. The second-order valence-electron chi connectivity index (χ2n) is 0.914. The lowest BCUT2D eigenvalue weighted by Crippen LogP contribution is -1.69. The van der Waals surface area contributed by atoms with Crippen molar-refractivity contribution in [2.24, 2.45) is 0 Å². The summed E-state index contributed by atoms with van der Waals surface area (Å²) in [4.78, 5) is 0. The molecule has 0 unspecified atom stereocenters. The Morgan fingerprint density at radius 3 is 1.50 bits per heavy atom. The van der Waals surface area contributed by atoms with Crippen LogP contribution in [0.15, 0.2) is 24.5 Å². The van der Waals surface area contributed by atoms with Crippen LogP contribution < -0.4 is 0 Å². The topological polar surface area (TPSA) is 25.8 Å². The van der Waals surface area contributed by atoms with Crippen molar-refractivity contribution in [3.05, 3.63) is 24.5 Å². The van der Waals surface area contributed by atoms with Crippen LogP contribution in [0.3, 0.4) is 0 Å². The lowest BCUT2D eigenvalue weighted by atomic mass is 10.6. The SMILES string of the molecule is CCl.c1ccnnc1. The van der Waals surface area contributed by atoms with E-state index in [0.717, 1.165) is 0 Å². The average Bonchev–Trinajstić information content (AvgIpc) is 1.96. The van der Waals surface area contributed by atoms with Gasteiger partial charge in [-0.1, -0.05) is 0 Å². The highest BCUT2D eigenvalue weighted by Gasteiger charge is 1.59. The van der Waals surface area contributed by atoms with Crippen molar-refractivity contribution in [1.29, 1.82) is 0 Å². The van der Waals surface area contributed by atoms with Crippen LogP contribution in [0.5, 0.6) is 0 Å². The maximum absolute atomic E-state index is 4.64. The van der Waals surface area contributed by atoms with Gasteiger partial charge in [0.2, 0.25) is 0 Å². The van der Waals surface area contributed by atoms with E-state index in [4.69, 9.17) is 0 Å². The molecule has 8 heavy (non-hydrogen) atoms. The van der Waals surface area contributed by atoms with Crippen LogP contribution >= 0.6 is 11.6 Å². The van der Waals surface area contributed by atoms with Gasteiger partial charge >= 0.3 is 0 Å². The zero-order valence-corrected chi connectivity index (χ0v) is 5.34. The molecule has 1 aromatic heterocycles. The van der Waals surface area contributed by atoms with Crippen LogP contribution in [0.4, 0.5) is 0 Å². The molecule has 0 atom stereocenters. The molecular formula is C5H7ClN2. The van der Waals surface area contributed by atoms with E-state index in [1.54, 1.807) is 12.4 Å². The highest BCUT2D eigenvalue weighted by Crippen LogP contribution is 1.68. The van der Waals surface area contributed by atoms with Gasteiger partial charge in [-0.2, -0.15) is 10.2 Å². The lowest BCUT2D eigenvalue weighted by molar-refractivity contribution is 1.03. The van der Waals surface area contributed by atoms with Crippen LogP contribution in [0.2, 0.25) is 0 Å². The first-order valence-electron chi connectivity index (χ1n) is 2.09. The van der Waals surface area contributed by atoms with Crippen molar-refractivity contribution in [2.75, 3.05) is 6.38 Å². The first-order chi connectivity index (χ1) is 4.00. The highest BCUT2D eigenvalue weighted by atomic mass is 35.5. The molecule has 0 saturated carbocycles. The predicted octanol–water partition coefficient (Wildman–Crippen LogP) is 1.33. The van der Waals surface area contributed by atoms with Crippen molar-refractivity contribution in [2.45, 2.75) is 0 Å². The van der Waals surface area contributed by atoms with E-state index >= 15 is 0 Å². The third-order valence-corrected chi connectivity index (χ3v) is 0.483. The van der Waals surface area contributed by atoms with Crippen LogP contribution in [0.1, 0.15) is 0 Å². The summed E-state index contributed by atoms with van der Waals surface area (Å²) in [6.07, 6.45) is 4.75. The molecule has 2 nitrogen and oxygen atoms in total. The van der Waals surface area contributed by atoms with E-state index in [0.29, 0.717) is 0 Å². The highest BCUT2D eigenvalue weighted by molar-refractivity contribution is 6.15. The minimum atomic E-state index is 1.47. The summed E-state index contributed by atoms with van der Waals surface area (Å²) in [5, 5.41) is 7.07. The van der Waals surface area contributed by atoms with Gasteiger partial charge in [0.25, 0.3) is 0 Å². The number of hydrogen-bond donors (Lipinski definition) is 0. The Balaban J connectivity index is 0.000000222. The van der Waals surface area contributed by atoms with Gasteiger partial charge in [0.1, 0.15) is 0 Å². The standard InChI is InChI=1S/C4H4N2.CH3Cl/c1-2-4-6-5-3-1;1-2/h1-4H;1H3. The fourth-order valence-corrected chi connectivity index (χ4v) is 0.253. The van der Waals surface area contributed by atoms with E-state index in [-0.39, 0.29) is 0 Å². The number of halogens is 1. The largest absolute Gasteiger partial charge is 0.159 e. The predicted molar refractivity (Wildman–Crippen MR) is 33.8 cm³/mol. The van der Waals surface area contributed by atoms with Crippen molar-refractivity contribution in [3.63, 3.8) is 0 Å². The Bertz CT molecular complexity index is 82.4. The molecule has 0 bridgehead atoms. The molecule has 44 valence electrons. The average molecular weight is 131 g/mol. The molecular weight excluding hydrogens is 124 g/mol. The summed E-state index contributed by atoms with van der Waals surface area (Å²) in [5.74, 6) is 0. The van der Waals surface area contributed by atoms with Crippen LogP contribution in [0.25, 0.3) is 0 Å². The van der Waals surface area contributed by atoms with E-state index in [9.17, 15) is 0 Å². The molecule has 1 aromatic rings. The molecule has 1 heterocycles. The Kier molecular flexibility index (Phi) is 5.87. The summed E-state index contributed by atoms with van der Waals surface area (Å²) in [7, 11) is 0. The van der Waals surface area contributed by atoms with Crippen molar-refractivity contribution in [3.8, 4) is 0 Å². The van der Waals surface area contributed by atoms with Gasteiger partial charge in [0.05, 0.1) is 0 Å². The minimum absolute atomic E-state index is 1.47. The monoisotopic (exact) mass is 130 g/mol. The first kappa shape index (κ1) is 7.37. The number of nitrogens with zero attached hydrogens (tertiary/aromatic N) is 2. The second kappa shape index (κ2) is 6.37. The van der Waals surface area contributed by atoms with Gasteiger partial charge in [-0.25, -0.2) is 0 Å². The maximum atomic E-state index is 4.64. The van der Waals surface area contributed by atoms with Gasteiger partial charge < -0.3 is 0 Å². The van der Waals surface area contributed by atoms with Gasteiger partial charge in [0, 0.05) is 18.8 Å². The van der Waals surface area contributed by atoms with Gasteiger partial charge in [0.15, 0.2) is 0 Å². The van der Waals surface area contributed by atoms with Gasteiger partial charge in [-0.05, 0) is 12.1 Å². The second-order valence-corrected chi connectivity index (χ2v) is 0.914. The van der Waals surface area contributed by atoms with E-state index in [2.05, 4.69) is 21.8 Å². The quantitative estimate of drug-likeness (QED) is 0.496. The molecule has 0 radical (unpaired) electrons. The van der Waals surface area contributed by atoms with E-state index < -0.39 is 0 Å². The van der Waals surface area contributed by atoms with Gasteiger partial charge in [-0.15, -0.1) is 11.6 Å². The van der Waals surface area contributed by atoms with Crippen LogP contribution in [-0.2, 0) is 0 Å². The maximum Gasteiger partial charge on any atom is 0.0496 e. The third-order valence-electron chi connectivity index (χ3n) is 0.483. The van der Waals surface area contributed by atoms with Gasteiger partial charge in [-0.3, -0.25) is 0 Å². The zero-order valence-electron chi connectivity index (χ0n) is 4.58. The summed E-state index contributed by atoms with van der Waals surface area (Å²) in [6, 6.07) is 3.65. The Morgan fingerprint density at radius 2 is 1.38 bits per heavy atom. The molecule has 0 fully saturated rings. The summed E-state index contributed by atoms with van der Waals surface area (Å²) in [6.45, 7) is 0. The van der Waals surface area contributed by atoms with Crippen molar-refractivity contribution in [1.82, 2.24) is 10.2 Å². The molecule has 0 N–H and O–H groups in total. The number of alkyl halides is 1.